The Kier molecular flexibility index (Phi) is 15.7. The maximum atomic E-state index is 12.7. The molecule has 6 aromatic rings. The summed E-state index contributed by atoms with van der Waals surface area (Å²) in [5.74, 6) is -0.849. The minimum atomic E-state index is -1.12. The number of aromatic nitrogens is 6. The van der Waals surface area contributed by atoms with Crippen molar-refractivity contribution in [3.63, 3.8) is 0 Å². The number of pyridine rings is 2. The van der Waals surface area contributed by atoms with E-state index in [2.05, 4.69) is 97.5 Å². The van der Waals surface area contributed by atoms with E-state index in [-0.39, 0.29) is 18.9 Å². The normalized spacial score (nSPS) is 17.2. The molecule has 2 atom stereocenters. The monoisotopic (exact) mass is 1220 g/mol. The van der Waals surface area contributed by atoms with Gasteiger partial charge in [-0.05, 0) is 152 Å². The number of aliphatic hydroxyl groups is 1. The molecule has 2 saturated carbocycles. The Morgan fingerprint density at radius 3 is 1.48 bits per heavy atom. The summed E-state index contributed by atoms with van der Waals surface area (Å²) in [5, 5.41) is 18.1. The van der Waals surface area contributed by atoms with E-state index in [1.54, 1.807) is 24.8 Å². The highest BCUT2D eigenvalue weighted by Gasteiger charge is 2.55. The van der Waals surface area contributed by atoms with Crippen LogP contribution in [0.25, 0.3) is 11.4 Å². The Labute approximate surface area is 441 Å². The number of nitrogens with zero attached hydrogens (tertiary/aromatic N) is 8. The Bertz CT molecular complexity index is 3100. The van der Waals surface area contributed by atoms with Gasteiger partial charge in [-0.25, -0.2) is 19.6 Å². The molecule has 17 nitrogen and oxygen atoms in total. The summed E-state index contributed by atoms with van der Waals surface area (Å²) in [5.41, 5.74) is 6.24. The van der Waals surface area contributed by atoms with Gasteiger partial charge in [-0.1, -0.05) is 12.1 Å². The molecule has 2 N–H and O–H groups in total. The first-order valence-corrected chi connectivity index (χ1v) is 25.5. The highest BCUT2D eigenvalue weighted by Crippen LogP contribution is 2.43. The zero-order chi connectivity index (χ0) is 50.8. The van der Waals surface area contributed by atoms with Gasteiger partial charge in [0.25, 0.3) is 0 Å². The van der Waals surface area contributed by atoms with Gasteiger partial charge in [0.1, 0.15) is 23.7 Å². The molecule has 71 heavy (non-hydrogen) atoms. The highest BCUT2D eigenvalue weighted by molar-refractivity contribution is 9.13. The van der Waals surface area contributed by atoms with Gasteiger partial charge in [0, 0.05) is 90.9 Å². The van der Waals surface area contributed by atoms with Crippen LogP contribution in [0, 0.1) is 13.8 Å². The van der Waals surface area contributed by atoms with Crippen LogP contribution in [0.1, 0.15) is 109 Å². The molecule has 0 unspecified atom stereocenters. The number of aliphatic imine (C=N–C) groups is 2. The number of methoxy groups -OCH3 is 2. The second-order valence-corrected chi connectivity index (χ2v) is 20.5. The Hall–Kier alpha value is -5.74. The van der Waals surface area contributed by atoms with Crippen LogP contribution >= 0.6 is 63.7 Å². The molecule has 2 fully saturated rings. The van der Waals surface area contributed by atoms with E-state index < -0.39 is 41.1 Å². The molecule has 0 amide bonds. The summed E-state index contributed by atoms with van der Waals surface area (Å²) in [4.78, 5) is 74.6. The molecule has 2 aromatic carbocycles. The summed E-state index contributed by atoms with van der Waals surface area (Å²) >= 11 is 14.4. The van der Waals surface area contributed by atoms with Gasteiger partial charge < -0.3 is 24.4 Å². The van der Waals surface area contributed by atoms with Crippen molar-refractivity contribution in [2.45, 2.75) is 88.5 Å². The van der Waals surface area contributed by atoms with Crippen molar-refractivity contribution in [3.8, 4) is 11.4 Å². The third-order valence-corrected chi connectivity index (χ3v) is 15.8. The van der Waals surface area contributed by atoms with Crippen LogP contribution in [0.4, 0.5) is 0 Å². The first-order chi connectivity index (χ1) is 34.0. The van der Waals surface area contributed by atoms with Crippen LogP contribution < -0.4 is 0 Å². The number of hydrogen-bond donors (Lipinski definition) is 2. The molecule has 0 radical (unpaired) electrons. The van der Waals surface area contributed by atoms with Crippen LogP contribution in [0.3, 0.4) is 0 Å². The molecule has 4 aromatic heterocycles. The number of carboxylic acid groups (broad SMARTS) is 1. The second kappa shape index (κ2) is 21.5. The van der Waals surface area contributed by atoms with E-state index in [1.165, 1.54) is 14.2 Å². The number of benzene rings is 2. The Morgan fingerprint density at radius 1 is 0.648 bits per heavy atom. The smallest absolute Gasteiger partial charge is 0.350 e. The topological polar surface area (TPSA) is 223 Å². The molecule has 0 spiro atoms. The van der Waals surface area contributed by atoms with Crippen molar-refractivity contribution in [1.82, 2.24) is 29.1 Å². The molecule has 2 aliphatic heterocycles. The zero-order valence-electron chi connectivity index (χ0n) is 38.7. The van der Waals surface area contributed by atoms with Gasteiger partial charge in [-0.3, -0.25) is 38.7 Å². The molecule has 368 valence electrons. The average Bonchev–Trinajstić information content (AvgIpc) is 4.26. The highest BCUT2D eigenvalue weighted by atomic mass is 79.9. The molecule has 2 aliphatic carbocycles. The summed E-state index contributed by atoms with van der Waals surface area (Å²) in [6, 6.07) is 18.6. The number of rotatable bonds is 11. The molecule has 6 heterocycles. The first kappa shape index (κ1) is 51.6. The fourth-order valence-electron chi connectivity index (χ4n) is 8.14. The zero-order valence-corrected chi connectivity index (χ0v) is 45.1. The number of aliphatic carboxylic acids is 1. The SMILES string of the molecule is COC(=O)C1(O)CC1.COC(=O)C1(OC(=O)CC[C@@H]2N=C(c3ccccn3)c3cc(Br)c(Br)cc3-n3c(C)cnc32)CC1.Cc1cnc2n1-c1cc(Br)c(Br)cc1C(c1ccccn1)=N[C@H]2CCC(=O)O. The van der Waals surface area contributed by atoms with Gasteiger partial charge in [-0.2, -0.15) is 0 Å². The third-order valence-electron chi connectivity index (χ3n) is 12.1. The summed E-state index contributed by atoms with van der Waals surface area (Å²) in [6.07, 6.45) is 9.95. The largest absolute Gasteiger partial charge is 0.481 e. The number of imidazole rings is 2. The maximum Gasteiger partial charge on any atom is 0.350 e. The number of carbonyl (C=O) groups excluding carboxylic acids is 3. The van der Waals surface area contributed by atoms with Crippen molar-refractivity contribution >= 4 is 99.0 Å². The van der Waals surface area contributed by atoms with E-state index in [9.17, 15) is 24.3 Å². The standard InChI is InChI=1S/C25H22Br2N4O4.C20H16Br2N4O2.C5H8O3/c1-14-13-29-23-19(6-7-21(32)35-25(8-9-25)24(33)34-2)30-22(18-5-3-4-10-28-18)15-11-16(26)17(27)12-20(15)31(14)23;1-11-10-24-20-16(5-6-18(27)28)25-19(15-4-2-3-7-23-15)12-8-13(21)14(22)9-17(12)26(11)20;1-8-4(6)5(7)2-3-5/h3-5,10-13,19H,6-9H2,1-2H3;2-4,7-10,16H,5-6H2,1H3,(H,27,28);7H,2-3H2,1H3/t19-;16-;/m00./s1. The lowest BCUT2D eigenvalue weighted by Crippen LogP contribution is -2.30. The third kappa shape index (κ3) is 11.2. The lowest BCUT2D eigenvalue weighted by Gasteiger charge is -2.16. The lowest BCUT2D eigenvalue weighted by atomic mass is 10.0. The van der Waals surface area contributed by atoms with Crippen LogP contribution in [-0.2, 0) is 33.4 Å². The lowest BCUT2D eigenvalue weighted by molar-refractivity contribution is -0.169. The van der Waals surface area contributed by atoms with E-state index in [4.69, 9.17) is 24.6 Å². The summed E-state index contributed by atoms with van der Waals surface area (Å²) in [7, 11) is 2.57. The molecule has 0 saturated heterocycles. The molecule has 4 aliphatic rings. The van der Waals surface area contributed by atoms with Crippen molar-refractivity contribution in [2.24, 2.45) is 9.98 Å². The predicted molar refractivity (Wildman–Crippen MR) is 275 cm³/mol. The Morgan fingerprint density at radius 2 is 1.10 bits per heavy atom. The van der Waals surface area contributed by atoms with E-state index in [1.807, 2.05) is 74.5 Å². The van der Waals surface area contributed by atoms with Crippen LogP contribution in [-0.4, -0.2) is 100 Å². The number of carbonyl (C=O) groups is 4. The van der Waals surface area contributed by atoms with E-state index in [0.717, 1.165) is 80.5 Å². The molecule has 0 bridgehead atoms. The second-order valence-electron chi connectivity index (χ2n) is 17.1. The number of halogens is 4. The van der Waals surface area contributed by atoms with Gasteiger partial charge in [0.05, 0.1) is 48.4 Å². The molecular formula is C50H46Br4N8O9. The van der Waals surface area contributed by atoms with Crippen LogP contribution in [0.5, 0.6) is 0 Å². The van der Waals surface area contributed by atoms with E-state index in [0.29, 0.717) is 44.2 Å². The van der Waals surface area contributed by atoms with E-state index >= 15 is 0 Å². The first-order valence-electron chi connectivity index (χ1n) is 22.4. The average molecular weight is 1220 g/mol. The number of hydrogen-bond acceptors (Lipinski definition) is 14. The number of aryl methyl sites for hydroxylation is 2. The molecule has 10 rings (SSSR count). The van der Waals surface area contributed by atoms with Gasteiger partial charge in [-0.15, -0.1) is 0 Å². The van der Waals surface area contributed by atoms with Crippen molar-refractivity contribution in [2.75, 3.05) is 14.2 Å². The van der Waals surface area contributed by atoms with Crippen LogP contribution in [0.2, 0.25) is 0 Å². The number of ether oxygens (including phenoxy) is 3. The molecular weight excluding hydrogens is 1180 g/mol. The van der Waals surface area contributed by atoms with Crippen molar-refractivity contribution < 1.29 is 43.6 Å². The van der Waals surface area contributed by atoms with Crippen molar-refractivity contribution in [1.29, 1.82) is 0 Å². The van der Waals surface area contributed by atoms with Crippen LogP contribution in [0.15, 0.2) is 113 Å². The number of carboxylic acids is 1. The summed E-state index contributed by atoms with van der Waals surface area (Å²) in [6.45, 7) is 3.97. The fourth-order valence-corrected chi connectivity index (χ4v) is 9.49. The fraction of sp³-hybridized carbons (Fsp3) is 0.320. The predicted octanol–water partition coefficient (Wildman–Crippen LogP) is 9.56. The van der Waals surface area contributed by atoms with Gasteiger partial charge in [0.15, 0.2) is 5.60 Å². The van der Waals surface area contributed by atoms with Gasteiger partial charge >= 0.3 is 23.9 Å². The Balaban J connectivity index is 0.000000167. The maximum absolute atomic E-state index is 12.7. The summed E-state index contributed by atoms with van der Waals surface area (Å²) < 4.78 is 22.3. The van der Waals surface area contributed by atoms with Gasteiger partial charge in [0.2, 0.25) is 5.60 Å². The minimum absolute atomic E-state index is 0.0132. The number of fused-ring (bicyclic) bond motifs is 6. The quantitative estimate of drug-likeness (QED) is 0.0912. The minimum Gasteiger partial charge on any atom is -0.481 e. The number of esters is 3. The molecule has 21 heteroatoms. The van der Waals surface area contributed by atoms with Crippen molar-refractivity contribution in [3.05, 3.63) is 149 Å².